The van der Waals surface area contributed by atoms with Gasteiger partial charge in [-0.1, -0.05) is 6.07 Å². The summed E-state index contributed by atoms with van der Waals surface area (Å²) < 4.78 is 0. The summed E-state index contributed by atoms with van der Waals surface area (Å²) >= 11 is 0. The van der Waals surface area contributed by atoms with E-state index in [0.717, 1.165) is 5.56 Å². The average Bonchev–Trinajstić information content (AvgIpc) is 1.99. The highest BCUT2D eigenvalue weighted by Gasteiger charge is 2.11. The van der Waals surface area contributed by atoms with Crippen LogP contribution >= 0.6 is 0 Å². The van der Waals surface area contributed by atoms with E-state index in [9.17, 15) is 9.59 Å². The molecular formula is C11H13NO3. The molecule has 1 aromatic carbocycles. The van der Waals surface area contributed by atoms with Crippen LogP contribution in [0.5, 0.6) is 0 Å². The third-order valence-corrected chi connectivity index (χ3v) is 2.13. The SMILES string of the molecule is CC(=O)c1c(C)cc(CC(=O)O)cc1N. The molecule has 1 aromatic rings. The van der Waals surface area contributed by atoms with Crippen LogP contribution in [0.1, 0.15) is 28.4 Å². The zero-order valence-corrected chi connectivity index (χ0v) is 8.70. The lowest BCUT2D eigenvalue weighted by molar-refractivity contribution is -0.136. The summed E-state index contributed by atoms with van der Waals surface area (Å²) in [6, 6.07) is 3.22. The molecule has 0 heterocycles. The third-order valence-electron chi connectivity index (χ3n) is 2.13. The summed E-state index contributed by atoms with van der Waals surface area (Å²) in [5.41, 5.74) is 7.84. The van der Waals surface area contributed by atoms with Gasteiger partial charge >= 0.3 is 5.97 Å². The first kappa shape index (κ1) is 11.2. The summed E-state index contributed by atoms with van der Waals surface area (Å²) in [5, 5.41) is 8.62. The molecular weight excluding hydrogens is 194 g/mol. The molecule has 0 spiro atoms. The van der Waals surface area contributed by atoms with Crippen molar-refractivity contribution in [2.75, 3.05) is 5.73 Å². The van der Waals surface area contributed by atoms with Gasteiger partial charge in [-0.25, -0.2) is 0 Å². The first-order valence-corrected chi connectivity index (χ1v) is 4.53. The maximum absolute atomic E-state index is 11.2. The fourth-order valence-corrected chi connectivity index (χ4v) is 1.65. The Morgan fingerprint density at radius 3 is 2.40 bits per heavy atom. The van der Waals surface area contributed by atoms with Crippen molar-refractivity contribution in [1.82, 2.24) is 0 Å². The van der Waals surface area contributed by atoms with Crippen molar-refractivity contribution >= 4 is 17.4 Å². The van der Waals surface area contributed by atoms with Gasteiger partial charge < -0.3 is 10.8 Å². The number of carboxylic acids is 1. The first-order chi connectivity index (χ1) is 6.91. The molecule has 0 aliphatic rings. The molecule has 0 unspecified atom stereocenters. The van der Waals surface area contributed by atoms with Crippen molar-refractivity contribution in [3.05, 3.63) is 28.8 Å². The molecule has 0 amide bonds. The Labute approximate surface area is 87.7 Å². The molecule has 0 aromatic heterocycles. The van der Waals surface area contributed by atoms with E-state index in [-0.39, 0.29) is 12.2 Å². The zero-order valence-electron chi connectivity index (χ0n) is 8.70. The monoisotopic (exact) mass is 207 g/mol. The predicted octanol–water partition coefficient (Wildman–Crippen LogP) is 1.41. The van der Waals surface area contributed by atoms with Crippen molar-refractivity contribution in [2.45, 2.75) is 20.3 Å². The molecule has 0 saturated heterocycles. The van der Waals surface area contributed by atoms with Gasteiger partial charge in [-0.3, -0.25) is 9.59 Å². The van der Waals surface area contributed by atoms with Gasteiger partial charge in [-0.05, 0) is 31.0 Å². The molecule has 4 heteroatoms. The molecule has 0 fully saturated rings. The van der Waals surface area contributed by atoms with Crippen molar-refractivity contribution < 1.29 is 14.7 Å². The van der Waals surface area contributed by atoms with E-state index >= 15 is 0 Å². The number of rotatable bonds is 3. The first-order valence-electron chi connectivity index (χ1n) is 4.53. The lowest BCUT2D eigenvalue weighted by Gasteiger charge is -2.08. The van der Waals surface area contributed by atoms with Crippen molar-refractivity contribution in [3.63, 3.8) is 0 Å². The van der Waals surface area contributed by atoms with Crippen molar-refractivity contribution in [1.29, 1.82) is 0 Å². The van der Waals surface area contributed by atoms with E-state index in [2.05, 4.69) is 0 Å². The molecule has 0 aliphatic heterocycles. The summed E-state index contributed by atoms with van der Waals surface area (Å²) in [6.07, 6.45) is -0.0801. The Balaban J connectivity index is 3.19. The molecule has 15 heavy (non-hydrogen) atoms. The quantitative estimate of drug-likeness (QED) is 0.580. The number of hydrogen-bond acceptors (Lipinski definition) is 3. The van der Waals surface area contributed by atoms with Crippen molar-refractivity contribution in [3.8, 4) is 0 Å². The van der Waals surface area contributed by atoms with E-state index in [1.165, 1.54) is 13.0 Å². The zero-order chi connectivity index (χ0) is 11.6. The van der Waals surface area contributed by atoms with E-state index in [1.807, 2.05) is 0 Å². The van der Waals surface area contributed by atoms with E-state index in [4.69, 9.17) is 10.8 Å². The van der Waals surface area contributed by atoms with Crippen LogP contribution in [-0.2, 0) is 11.2 Å². The van der Waals surface area contributed by atoms with E-state index < -0.39 is 5.97 Å². The number of benzene rings is 1. The Morgan fingerprint density at radius 1 is 1.40 bits per heavy atom. The fraction of sp³-hybridized carbons (Fsp3) is 0.273. The second-order valence-electron chi connectivity index (χ2n) is 3.50. The van der Waals surface area contributed by atoms with Gasteiger partial charge in [-0.15, -0.1) is 0 Å². The minimum absolute atomic E-state index is 0.0801. The largest absolute Gasteiger partial charge is 0.481 e. The van der Waals surface area contributed by atoms with Gasteiger partial charge in [0.1, 0.15) is 0 Å². The average molecular weight is 207 g/mol. The molecule has 1 rings (SSSR count). The van der Waals surface area contributed by atoms with Crippen LogP contribution in [0, 0.1) is 6.92 Å². The number of nitrogen functional groups attached to an aromatic ring is 1. The van der Waals surface area contributed by atoms with Crippen LogP contribution in [0.2, 0.25) is 0 Å². The Morgan fingerprint density at radius 2 is 2.00 bits per heavy atom. The number of Topliss-reactive ketones (excluding diaryl/α,β-unsaturated/α-hetero) is 1. The number of aliphatic carboxylic acids is 1. The predicted molar refractivity (Wildman–Crippen MR) is 56.9 cm³/mol. The molecule has 0 aliphatic carbocycles. The number of nitrogens with two attached hydrogens (primary N) is 1. The summed E-state index contributed by atoms with van der Waals surface area (Å²) in [5.74, 6) is -1.02. The highest BCUT2D eigenvalue weighted by atomic mass is 16.4. The molecule has 0 saturated carbocycles. The number of ketones is 1. The summed E-state index contributed by atoms with van der Waals surface area (Å²) in [7, 11) is 0. The molecule has 0 atom stereocenters. The number of anilines is 1. The van der Waals surface area contributed by atoms with Crippen LogP contribution in [0.3, 0.4) is 0 Å². The van der Waals surface area contributed by atoms with Gasteiger partial charge in [0.2, 0.25) is 0 Å². The lowest BCUT2D eigenvalue weighted by atomic mass is 9.99. The fourth-order valence-electron chi connectivity index (χ4n) is 1.65. The highest BCUT2D eigenvalue weighted by Crippen LogP contribution is 2.20. The lowest BCUT2D eigenvalue weighted by Crippen LogP contribution is -2.06. The van der Waals surface area contributed by atoms with Crippen LogP contribution in [0.15, 0.2) is 12.1 Å². The standard InChI is InChI=1S/C11H13NO3/c1-6-3-8(5-10(14)15)4-9(12)11(6)7(2)13/h3-4H,5,12H2,1-2H3,(H,14,15). The minimum Gasteiger partial charge on any atom is -0.481 e. The minimum atomic E-state index is -0.913. The number of carboxylic acid groups (broad SMARTS) is 1. The number of carbonyl (C=O) groups is 2. The third kappa shape index (κ3) is 2.56. The summed E-state index contributed by atoms with van der Waals surface area (Å²) in [4.78, 5) is 21.7. The van der Waals surface area contributed by atoms with Gasteiger partial charge in [0, 0.05) is 11.3 Å². The second-order valence-corrected chi connectivity index (χ2v) is 3.50. The highest BCUT2D eigenvalue weighted by molar-refractivity contribution is 6.00. The number of aryl methyl sites for hydroxylation is 1. The summed E-state index contributed by atoms with van der Waals surface area (Å²) in [6.45, 7) is 3.19. The number of carbonyl (C=O) groups excluding carboxylic acids is 1. The normalized spacial score (nSPS) is 10.0. The Bertz CT molecular complexity index is 401. The Hall–Kier alpha value is -1.84. The number of hydrogen-bond donors (Lipinski definition) is 2. The Kier molecular flexibility index (Phi) is 3.09. The van der Waals surface area contributed by atoms with Crippen LogP contribution < -0.4 is 5.73 Å². The molecule has 3 N–H and O–H groups in total. The maximum atomic E-state index is 11.2. The van der Waals surface area contributed by atoms with E-state index in [0.29, 0.717) is 16.8 Å². The van der Waals surface area contributed by atoms with E-state index in [1.54, 1.807) is 13.0 Å². The van der Waals surface area contributed by atoms with Gasteiger partial charge in [-0.2, -0.15) is 0 Å². The van der Waals surface area contributed by atoms with Gasteiger partial charge in [0.05, 0.1) is 6.42 Å². The maximum Gasteiger partial charge on any atom is 0.307 e. The van der Waals surface area contributed by atoms with Crippen LogP contribution in [0.4, 0.5) is 5.69 Å². The van der Waals surface area contributed by atoms with Gasteiger partial charge in [0.15, 0.2) is 5.78 Å². The smallest absolute Gasteiger partial charge is 0.307 e. The molecule has 80 valence electrons. The molecule has 0 radical (unpaired) electrons. The van der Waals surface area contributed by atoms with Gasteiger partial charge in [0.25, 0.3) is 0 Å². The molecule has 4 nitrogen and oxygen atoms in total. The second kappa shape index (κ2) is 4.13. The topological polar surface area (TPSA) is 80.4 Å². The van der Waals surface area contributed by atoms with Crippen molar-refractivity contribution in [2.24, 2.45) is 0 Å². The van der Waals surface area contributed by atoms with Crippen LogP contribution in [0.25, 0.3) is 0 Å². The molecule has 0 bridgehead atoms. The van der Waals surface area contributed by atoms with Crippen LogP contribution in [-0.4, -0.2) is 16.9 Å².